The van der Waals surface area contributed by atoms with E-state index in [1.807, 2.05) is 39.0 Å². The molecule has 1 aromatic heterocycles. The number of ether oxygens (including phenoxy) is 1. The van der Waals surface area contributed by atoms with Crippen molar-refractivity contribution in [1.29, 1.82) is 0 Å². The molecule has 0 bridgehead atoms. The van der Waals surface area contributed by atoms with Crippen molar-refractivity contribution < 1.29 is 13.9 Å². The van der Waals surface area contributed by atoms with Gasteiger partial charge in [0.2, 0.25) is 0 Å². The lowest BCUT2D eigenvalue weighted by molar-refractivity contribution is 0.102. The molecule has 2 aromatic rings. The number of hydrogen-bond acceptors (Lipinski definition) is 3. The van der Waals surface area contributed by atoms with Gasteiger partial charge >= 0.3 is 0 Å². The van der Waals surface area contributed by atoms with E-state index in [-0.39, 0.29) is 5.91 Å². The molecule has 4 heteroatoms. The van der Waals surface area contributed by atoms with Crippen molar-refractivity contribution in [2.75, 3.05) is 11.9 Å². The monoisotopic (exact) mass is 273 g/mol. The fourth-order valence-corrected chi connectivity index (χ4v) is 2.05. The highest BCUT2D eigenvalue weighted by atomic mass is 16.5. The highest BCUT2D eigenvalue weighted by molar-refractivity contribution is 6.05. The molecule has 0 fully saturated rings. The lowest BCUT2D eigenvalue weighted by atomic mass is 10.2. The van der Waals surface area contributed by atoms with Crippen LogP contribution in [0.2, 0.25) is 0 Å². The van der Waals surface area contributed by atoms with Crippen LogP contribution in [0.1, 0.15) is 34.4 Å². The number of carbonyl (C=O) groups is 1. The summed E-state index contributed by atoms with van der Waals surface area (Å²) in [5.41, 5.74) is 2.30. The van der Waals surface area contributed by atoms with E-state index in [0.29, 0.717) is 29.4 Å². The van der Waals surface area contributed by atoms with Crippen LogP contribution in [0.4, 0.5) is 5.69 Å². The maximum Gasteiger partial charge on any atom is 0.259 e. The van der Waals surface area contributed by atoms with Crippen molar-refractivity contribution in [3.8, 4) is 5.75 Å². The predicted molar refractivity (Wildman–Crippen MR) is 78.5 cm³/mol. The molecule has 0 unspecified atom stereocenters. The molecular formula is C16H19NO3. The second kappa shape index (κ2) is 5.82. The Labute approximate surface area is 118 Å². The van der Waals surface area contributed by atoms with Crippen LogP contribution in [-0.2, 0) is 0 Å². The van der Waals surface area contributed by atoms with Gasteiger partial charge < -0.3 is 14.5 Å². The fourth-order valence-electron chi connectivity index (χ4n) is 2.05. The Bertz CT molecular complexity index is 629. The van der Waals surface area contributed by atoms with Gasteiger partial charge in [-0.2, -0.15) is 0 Å². The van der Waals surface area contributed by atoms with E-state index in [0.717, 1.165) is 11.3 Å². The van der Waals surface area contributed by atoms with Crippen LogP contribution in [0.3, 0.4) is 0 Å². The summed E-state index contributed by atoms with van der Waals surface area (Å²) in [6, 6.07) is 7.43. The third-order valence-electron chi connectivity index (χ3n) is 2.97. The Morgan fingerprint density at radius 3 is 2.60 bits per heavy atom. The summed E-state index contributed by atoms with van der Waals surface area (Å²) in [6.45, 7) is 8.05. The molecular weight excluding hydrogens is 254 g/mol. The molecule has 4 nitrogen and oxygen atoms in total. The summed E-state index contributed by atoms with van der Waals surface area (Å²) in [5.74, 6) is 1.83. The zero-order chi connectivity index (χ0) is 14.7. The topological polar surface area (TPSA) is 51.5 Å². The van der Waals surface area contributed by atoms with E-state index in [9.17, 15) is 4.79 Å². The van der Waals surface area contributed by atoms with Gasteiger partial charge in [-0.15, -0.1) is 0 Å². The Hall–Kier alpha value is -2.23. The lowest BCUT2D eigenvalue weighted by Gasteiger charge is -2.12. The van der Waals surface area contributed by atoms with E-state index in [1.54, 1.807) is 13.0 Å². The molecule has 1 N–H and O–H groups in total. The van der Waals surface area contributed by atoms with Gasteiger partial charge in [0.25, 0.3) is 5.91 Å². The molecule has 0 radical (unpaired) electrons. The quantitative estimate of drug-likeness (QED) is 0.920. The Kier molecular flexibility index (Phi) is 4.13. The largest absolute Gasteiger partial charge is 0.492 e. The summed E-state index contributed by atoms with van der Waals surface area (Å²) in [6.07, 6.45) is 0. The number of nitrogens with one attached hydrogen (secondary N) is 1. The van der Waals surface area contributed by atoms with Crippen LogP contribution in [-0.4, -0.2) is 12.5 Å². The van der Waals surface area contributed by atoms with Gasteiger partial charge in [-0.3, -0.25) is 4.79 Å². The molecule has 0 aliphatic carbocycles. The zero-order valence-electron chi connectivity index (χ0n) is 12.2. The van der Waals surface area contributed by atoms with Gasteiger partial charge in [0.1, 0.15) is 17.3 Å². The van der Waals surface area contributed by atoms with Crippen molar-refractivity contribution >= 4 is 11.6 Å². The third kappa shape index (κ3) is 3.02. The van der Waals surface area contributed by atoms with Crippen LogP contribution in [0.5, 0.6) is 5.75 Å². The first-order valence-electron chi connectivity index (χ1n) is 6.63. The number of furan rings is 1. The lowest BCUT2D eigenvalue weighted by Crippen LogP contribution is -2.13. The van der Waals surface area contributed by atoms with Crippen molar-refractivity contribution in [2.24, 2.45) is 0 Å². The fraction of sp³-hybridized carbons (Fsp3) is 0.312. The molecule has 2 rings (SSSR count). The first kappa shape index (κ1) is 14.2. The first-order valence-corrected chi connectivity index (χ1v) is 6.63. The van der Waals surface area contributed by atoms with Crippen LogP contribution >= 0.6 is 0 Å². The number of rotatable bonds is 4. The molecule has 0 saturated heterocycles. The van der Waals surface area contributed by atoms with E-state index >= 15 is 0 Å². The van der Waals surface area contributed by atoms with E-state index in [2.05, 4.69) is 5.32 Å². The molecule has 1 heterocycles. The SMILES string of the molecule is CCOc1cc(C)ccc1NC(=O)c1cc(C)oc1C. The number of anilines is 1. The highest BCUT2D eigenvalue weighted by Gasteiger charge is 2.15. The van der Waals surface area contributed by atoms with Gasteiger partial charge in [-0.05, 0) is 51.5 Å². The minimum Gasteiger partial charge on any atom is -0.492 e. The number of carbonyl (C=O) groups excluding carboxylic acids is 1. The van der Waals surface area contributed by atoms with Crippen molar-refractivity contribution in [1.82, 2.24) is 0 Å². The Morgan fingerprint density at radius 1 is 1.25 bits per heavy atom. The molecule has 20 heavy (non-hydrogen) atoms. The first-order chi connectivity index (χ1) is 9.51. The highest BCUT2D eigenvalue weighted by Crippen LogP contribution is 2.27. The molecule has 0 saturated carbocycles. The molecule has 1 amide bonds. The molecule has 0 aliphatic rings. The standard InChI is InChI=1S/C16H19NO3/c1-5-19-15-8-10(2)6-7-14(15)17-16(18)13-9-11(3)20-12(13)4/h6-9H,5H2,1-4H3,(H,17,18). The average molecular weight is 273 g/mol. The van der Waals surface area contributed by atoms with E-state index < -0.39 is 0 Å². The summed E-state index contributed by atoms with van der Waals surface area (Å²) in [4.78, 5) is 12.3. The van der Waals surface area contributed by atoms with Gasteiger partial charge in [-0.25, -0.2) is 0 Å². The van der Waals surface area contributed by atoms with Crippen LogP contribution in [0.15, 0.2) is 28.7 Å². The second-order valence-corrected chi connectivity index (χ2v) is 4.71. The minimum absolute atomic E-state index is 0.191. The predicted octanol–water partition coefficient (Wildman–Crippen LogP) is 3.86. The third-order valence-corrected chi connectivity index (χ3v) is 2.97. The number of amides is 1. The number of benzene rings is 1. The number of aryl methyl sites for hydroxylation is 3. The molecule has 0 spiro atoms. The van der Waals surface area contributed by atoms with E-state index in [1.165, 1.54) is 0 Å². The Morgan fingerprint density at radius 2 is 2.00 bits per heavy atom. The minimum atomic E-state index is -0.191. The molecule has 106 valence electrons. The van der Waals surface area contributed by atoms with Crippen LogP contribution in [0, 0.1) is 20.8 Å². The number of hydrogen-bond donors (Lipinski definition) is 1. The van der Waals surface area contributed by atoms with Gasteiger partial charge in [-0.1, -0.05) is 6.07 Å². The maximum absolute atomic E-state index is 12.3. The summed E-state index contributed by atoms with van der Waals surface area (Å²) < 4.78 is 10.9. The van der Waals surface area contributed by atoms with Gasteiger partial charge in [0.15, 0.2) is 0 Å². The normalized spacial score (nSPS) is 10.4. The smallest absolute Gasteiger partial charge is 0.259 e. The molecule has 0 atom stereocenters. The van der Waals surface area contributed by atoms with Crippen LogP contribution in [0.25, 0.3) is 0 Å². The van der Waals surface area contributed by atoms with Crippen molar-refractivity contribution in [2.45, 2.75) is 27.7 Å². The van der Waals surface area contributed by atoms with Gasteiger partial charge in [0.05, 0.1) is 17.9 Å². The summed E-state index contributed by atoms with van der Waals surface area (Å²) in [5, 5.41) is 2.87. The summed E-state index contributed by atoms with van der Waals surface area (Å²) in [7, 11) is 0. The maximum atomic E-state index is 12.3. The second-order valence-electron chi connectivity index (χ2n) is 4.71. The average Bonchev–Trinajstić information content (AvgIpc) is 2.72. The van der Waals surface area contributed by atoms with Crippen molar-refractivity contribution in [3.63, 3.8) is 0 Å². The Balaban J connectivity index is 2.25. The molecule has 1 aromatic carbocycles. The summed E-state index contributed by atoms with van der Waals surface area (Å²) >= 11 is 0. The zero-order valence-corrected chi connectivity index (χ0v) is 12.2. The van der Waals surface area contributed by atoms with Crippen molar-refractivity contribution in [3.05, 3.63) is 46.9 Å². The van der Waals surface area contributed by atoms with Crippen LogP contribution < -0.4 is 10.1 Å². The van der Waals surface area contributed by atoms with Gasteiger partial charge in [0, 0.05) is 0 Å². The van der Waals surface area contributed by atoms with E-state index in [4.69, 9.17) is 9.15 Å². The molecule has 0 aliphatic heterocycles.